The minimum atomic E-state index is -0.304. The smallest absolute Gasteiger partial charge is 0.139 e. The van der Waals surface area contributed by atoms with Gasteiger partial charge in [0.2, 0.25) is 0 Å². The number of imidazole rings is 1. The summed E-state index contributed by atoms with van der Waals surface area (Å²) in [5.74, 6) is 0.780. The van der Waals surface area contributed by atoms with E-state index >= 15 is 0 Å². The van der Waals surface area contributed by atoms with Crippen molar-refractivity contribution in [2.24, 2.45) is 5.41 Å². The van der Waals surface area contributed by atoms with E-state index in [2.05, 4.69) is 60.1 Å². The summed E-state index contributed by atoms with van der Waals surface area (Å²) in [6, 6.07) is 3.25. The van der Waals surface area contributed by atoms with Crippen LogP contribution < -0.4 is 0 Å². The molecule has 1 aromatic carbocycles. The molecule has 0 aliphatic heterocycles. The first kappa shape index (κ1) is 16.8. The van der Waals surface area contributed by atoms with Crippen LogP contribution in [0.25, 0.3) is 11.0 Å². The van der Waals surface area contributed by atoms with E-state index in [1.165, 1.54) is 6.07 Å². The average Bonchev–Trinajstić information content (AvgIpc) is 2.65. The van der Waals surface area contributed by atoms with Gasteiger partial charge in [0.15, 0.2) is 0 Å². The molecule has 0 spiro atoms. The number of nitrogens with zero attached hydrogens (tertiary/aromatic N) is 2. The van der Waals surface area contributed by atoms with Crippen LogP contribution in [0.5, 0.6) is 0 Å². The van der Waals surface area contributed by atoms with E-state index in [1.807, 2.05) is 0 Å². The van der Waals surface area contributed by atoms with E-state index in [1.54, 1.807) is 6.07 Å². The molecule has 2 nitrogen and oxygen atoms in total. The summed E-state index contributed by atoms with van der Waals surface area (Å²) in [5, 5.41) is 0. The summed E-state index contributed by atoms with van der Waals surface area (Å²) in [6.07, 6.45) is 0.963. The molecule has 2 rings (SSSR count). The van der Waals surface area contributed by atoms with Crippen molar-refractivity contribution in [2.75, 3.05) is 0 Å². The molecule has 0 aliphatic rings. The number of alkyl halides is 1. The molecule has 5 heteroatoms. The second-order valence-corrected chi connectivity index (χ2v) is 8.42. The largest absolute Gasteiger partial charge is 0.321 e. The van der Waals surface area contributed by atoms with Crippen molar-refractivity contribution in [3.8, 4) is 0 Å². The number of halogens is 3. The number of benzene rings is 1. The predicted octanol–water partition coefficient (Wildman–Crippen LogP) is 5.85. The lowest BCUT2D eigenvalue weighted by molar-refractivity contribution is 0.216. The van der Waals surface area contributed by atoms with Gasteiger partial charge in [-0.05, 0) is 47.7 Å². The number of hydrogen-bond donors (Lipinski definition) is 0. The lowest BCUT2D eigenvalue weighted by Crippen LogP contribution is -2.32. The van der Waals surface area contributed by atoms with Crippen LogP contribution in [-0.2, 0) is 11.4 Å². The summed E-state index contributed by atoms with van der Waals surface area (Å²) in [6.45, 7) is 11.0. The zero-order valence-electron chi connectivity index (χ0n) is 13.1. The summed E-state index contributed by atoms with van der Waals surface area (Å²) >= 11 is 9.33. The van der Waals surface area contributed by atoms with E-state index in [9.17, 15) is 4.39 Å². The van der Waals surface area contributed by atoms with E-state index in [-0.39, 0.29) is 16.8 Å². The summed E-state index contributed by atoms with van der Waals surface area (Å²) in [7, 11) is 0. The monoisotopic (exact) mass is 374 g/mol. The average molecular weight is 376 g/mol. The first-order valence-corrected chi connectivity index (χ1v) is 8.31. The Hall–Kier alpha value is -0.610. The molecule has 0 unspecified atom stereocenters. The molecule has 1 aromatic heterocycles. The lowest BCUT2D eigenvalue weighted by Gasteiger charge is -2.35. The third-order valence-corrected chi connectivity index (χ3v) is 4.30. The fourth-order valence-corrected chi connectivity index (χ4v) is 3.78. The summed E-state index contributed by atoms with van der Waals surface area (Å²) in [4.78, 5) is 4.50. The Morgan fingerprint density at radius 2 is 1.86 bits per heavy atom. The van der Waals surface area contributed by atoms with Crippen LogP contribution in [0, 0.1) is 11.2 Å². The van der Waals surface area contributed by atoms with Crippen molar-refractivity contribution in [3.63, 3.8) is 0 Å². The van der Waals surface area contributed by atoms with Crippen LogP contribution in [0.3, 0.4) is 0 Å². The van der Waals surface area contributed by atoms with Crippen LogP contribution in [0.15, 0.2) is 16.6 Å². The highest BCUT2D eigenvalue weighted by Gasteiger charge is 2.30. The quantitative estimate of drug-likeness (QED) is 0.615. The van der Waals surface area contributed by atoms with Crippen LogP contribution >= 0.6 is 27.5 Å². The maximum absolute atomic E-state index is 13.7. The van der Waals surface area contributed by atoms with Gasteiger partial charge in [0, 0.05) is 11.6 Å². The maximum atomic E-state index is 13.7. The molecule has 0 atom stereocenters. The van der Waals surface area contributed by atoms with Crippen molar-refractivity contribution in [2.45, 2.75) is 52.5 Å². The normalized spacial score (nSPS) is 13.1. The molecular formula is C16H21BrClFN2. The van der Waals surface area contributed by atoms with Gasteiger partial charge in [-0.2, -0.15) is 0 Å². The van der Waals surface area contributed by atoms with Gasteiger partial charge < -0.3 is 4.57 Å². The fourth-order valence-electron chi connectivity index (χ4n) is 3.26. The molecule has 2 aromatic rings. The van der Waals surface area contributed by atoms with Crippen LogP contribution in [0.4, 0.5) is 4.39 Å². The second-order valence-electron chi connectivity index (χ2n) is 7.30. The van der Waals surface area contributed by atoms with Gasteiger partial charge >= 0.3 is 0 Å². The topological polar surface area (TPSA) is 17.8 Å². The zero-order valence-corrected chi connectivity index (χ0v) is 15.4. The molecule has 0 amide bonds. The molecule has 1 heterocycles. The third kappa shape index (κ3) is 3.42. The van der Waals surface area contributed by atoms with E-state index in [4.69, 9.17) is 11.6 Å². The van der Waals surface area contributed by atoms with Gasteiger partial charge in [-0.3, -0.25) is 0 Å². The minimum absolute atomic E-state index is 0.158. The highest BCUT2D eigenvalue weighted by atomic mass is 79.9. The molecule has 0 saturated carbocycles. The predicted molar refractivity (Wildman–Crippen MR) is 90.3 cm³/mol. The van der Waals surface area contributed by atoms with Crippen molar-refractivity contribution >= 4 is 38.6 Å². The van der Waals surface area contributed by atoms with Crippen molar-refractivity contribution in [3.05, 3.63) is 28.2 Å². The summed E-state index contributed by atoms with van der Waals surface area (Å²) < 4.78 is 16.3. The number of hydrogen-bond acceptors (Lipinski definition) is 1. The molecule has 21 heavy (non-hydrogen) atoms. The summed E-state index contributed by atoms with van der Waals surface area (Å²) in [5.41, 5.74) is 1.57. The molecular weight excluding hydrogens is 355 g/mol. The Bertz CT molecular complexity index is 671. The first-order valence-electron chi connectivity index (χ1n) is 6.98. The number of fused-ring (bicyclic) bond motifs is 1. The molecule has 0 aliphatic carbocycles. The van der Waals surface area contributed by atoms with E-state index in [0.717, 1.165) is 17.8 Å². The maximum Gasteiger partial charge on any atom is 0.139 e. The highest BCUT2D eigenvalue weighted by molar-refractivity contribution is 9.10. The minimum Gasteiger partial charge on any atom is -0.321 e. The van der Waals surface area contributed by atoms with Crippen molar-refractivity contribution in [1.29, 1.82) is 0 Å². The van der Waals surface area contributed by atoms with Crippen LogP contribution in [-0.4, -0.2) is 9.55 Å². The van der Waals surface area contributed by atoms with Crippen LogP contribution in [0.2, 0.25) is 0 Å². The molecule has 0 radical (unpaired) electrons. The van der Waals surface area contributed by atoms with Crippen LogP contribution in [0.1, 0.15) is 46.9 Å². The van der Waals surface area contributed by atoms with Gasteiger partial charge in [0.25, 0.3) is 0 Å². The van der Waals surface area contributed by atoms with Gasteiger partial charge in [-0.1, -0.05) is 20.8 Å². The van der Waals surface area contributed by atoms with E-state index < -0.39 is 0 Å². The molecule has 0 saturated heterocycles. The molecule has 0 bridgehead atoms. The Labute approximate surface area is 138 Å². The SMILES string of the molecule is CC(C)(C)CC(C)(C)n1c(CCl)nc2cc(F)c(Br)cc21. The molecule has 0 fully saturated rings. The second kappa shape index (κ2) is 5.54. The fraction of sp³-hybridized carbons (Fsp3) is 0.562. The number of rotatable bonds is 3. The Kier molecular flexibility index (Phi) is 4.42. The first-order chi connectivity index (χ1) is 9.55. The van der Waals surface area contributed by atoms with Crippen molar-refractivity contribution < 1.29 is 4.39 Å². The van der Waals surface area contributed by atoms with E-state index in [0.29, 0.717) is 15.9 Å². The lowest BCUT2D eigenvalue weighted by atomic mass is 9.81. The van der Waals surface area contributed by atoms with Gasteiger partial charge in [-0.25, -0.2) is 9.37 Å². The van der Waals surface area contributed by atoms with Gasteiger partial charge in [0.1, 0.15) is 11.6 Å². The highest BCUT2D eigenvalue weighted by Crippen LogP contribution is 2.37. The standard InChI is InChI=1S/C16H21BrClFN2/c1-15(2,3)9-16(4,5)21-13-6-10(17)11(19)7-12(13)20-14(21)8-18/h6-7H,8-9H2,1-5H3. The van der Waals surface area contributed by atoms with Crippen molar-refractivity contribution in [1.82, 2.24) is 9.55 Å². The molecule has 116 valence electrons. The van der Waals surface area contributed by atoms with Gasteiger partial charge in [-0.15, -0.1) is 11.6 Å². The molecule has 0 N–H and O–H groups in total. The Morgan fingerprint density at radius 3 is 2.38 bits per heavy atom. The zero-order chi connectivity index (χ0) is 16.0. The Balaban J connectivity index is 2.69. The Morgan fingerprint density at radius 1 is 1.24 bits per heavy atom. The number of aromatic nitrogens is 2. The third-order valence-electron chi connectivity index (χ3n) is 3.45. The van der Waals surface area contributed by atoms with Gasteiger partial charge in [0.05, 0.1) is 21.4 Å².